The van der Waals surface area contributed by atoms with Gasteiger partial charge in [0.15, 0.2) is 11.5 Å². The molecule has 1 aromatic heterocycles. The van der Waals surface area contributed by atoms with Gasteiger partial charge in [-0.2, -0.15) is 8.78 Å². The summed E-state index contributed by atoms with van der Waals surface area (Å²) in [6.07, 6.45) is 1.37. The minimum atomic E-state index is -2.65. The fourth-order valence-corrected chi connectivity index (χ4v) is 2.64. The minimum Gasteiger partial charge on any atom is -0.486 e. The summed E-state index contributed by atoms with van der Waals surface area (Å²) >= 11 is 0.237. The summed E-state index contributed by atoms with van der Waals surface area (Å²) in [4.78, 5) is 16.1. The Labute approximate surface area is 135 Å². The number of carbonyl (C=O) groups excluding carboxylic acids is 1. The normalized spacial score (nSPS) is 13.0. The molecule has 120 valence electrons. The van der Waals surface area contributed by atoms with Crippen LogP contribution in [0.5, 0.6) is 11.5 Å². The first kappa shape index (κ1) is 15.5. The van der Waals surface area contributed by atoms with Crippen LogP contribution in [0.15, 0.2) is 41.6 Å². The van der Waals surface area contributed by atoms with Gasteiger partial charge in [-0.25, -0.2) is 4.98 Å². The van der Waals surface area contributed by atoms with E-state index in [1.165, 1.54) is 18.3 Å². The van der Waals surface area contributed by atoms with Gasteiger partial charge in [-0.1, -0.05) is 0 Å². The molecule has 0 bridgehead atoms. The van der Waals surface area contributed by atoms with Crippen LogP contribution in [-0.2, 0) is 0 Å². The van der Waals surface area contributed by atoms with E-state index in [0.717, 1.165) is 0 Å². The number of amides is 1. The predicted octanol–water partition coefficient (Wildman–Crippen LogP) is 3.42. The number of hydrogen-bond acceptors (Lipinski definition) is 5. The molecule has 0 unspecified atom stereocenters. The van der Waals surface area contributed by atoms with Gasteiger partial charge in [0.05, 0.1) is 5.56 Å². The summed E-state index contributed by atoms with van der Waals surface area (Å²) in [5.74, 6) is -2.03. The van der Waals surface area contributed by atoms with Gasteiger partial charge < -0.3 is 14.8 Å². The van der Waals surface area contributed by atoms with Gasteiger partial charge in [-0.3, -0.25) is 4.79 Å². The number of thioether (sulfide) groups is 1. The quantitative estimate of drug-likeness (QED) is 0.866. The Morgan fingerprint density at radius 2 is 2.00 bits per heavy atom. The molecule has 0 saturated heterocycles. The average molecular weight is 338 g/mol. The van der Waals surface area contributed by atoms with Crippen LogP contribution in [0.3, 0.4) is 0 Å². The Bertz CT molecular complexity index is 728. The van der Waals surface area contributed by atoms with Crippen molar-refractivity contribution in [3.8, 4) is 11.5 Å². The zero-order valence-electron chi connectivity index (χ0n) is 11.8. The molecule has 1 aliphatic rings. The number of rotatable bonds is 4. The van der Waals surface area contributed by atoms with Crippen molar-refractivity contribution in [2.75, 3.05) is 18.5 Å². The number of nitrogens with one attached hydrogen (secondary N) is 1. The number of fused-ring (bicyclic) bond motifs is 1. The molecule has 1 aliphatic heterocycles. The van der Waals surface area contributed by atoms with E-state index in [4.69, 9.17) is 9.47 Å². The zero-order chi connectivity index (χ0) is 16.2. The third-order valence-corrected chi connectivity index (χ3v) is 3.74. The lowest BCUT2D eigenvalue weighted by atomic mass is 10.2. The molecule has 8 heteroatoms. The van der Waals surface area contributed by atoms with Crippen molar-refractivity contribution in [2.45, 2.75) is 10.8 Å². The summed E-state index contributed by atoms with van der Waals surface area (Å²) in [6, 6.07) is 7.94. The summed E-state index contributed by atoms with van der Waals surface area (Å²) in [7, 11) is 0. The van der Waals surface area contributed by atoms with E-state index < -0.39 is 11.7 Å². The van der Waals surface area contributed by atoms with E-state index in [2.05, 4.69) is 10.3 Å². The third-order valence-electron chi connectivity index (χ3n) is 3.02. The van der Waals surface area contributed by atoms with Gasteiger partial charge in [-0.15, -0.1) is 0 Å². The standard InChI is InChI=1S/C15H12F2N2O3S/c16-15(17)23-14-10(2-1-5-18-14)13(20)19-9-3-4-11-12(8-9)22-7-6-21-11/h1-5,8,15H,6-7H2,(H,19,20). The van der Waals surface area contributed by atoms with Crippen LogP contribution >= 0.6 is 11.8 Å². The molecule has 0 aliphatic carbocycles. The minimum absolute atomic E-state index is 0.0162. The fourth-order valence-electron chi connectivity index (χ4n) is 2.06. The number of aromatic nitrogens is 1. The fraction of sp³-hybridized carbons (Fsp3) is 0.200. The monoisotopic (exact) mass is 338 g/mol. The molecule has 3 rings (SSSR count). The Morgan fingerprint density at radius 3 is 2.78 bits per heavy atom. The molecule has 0 spiro atoms. The molecule has 1 N–H and O–H groups in total. The summed E-state index contributed by atoms with van der Waals surface area (Å²) in [5, 5.41) is 2.63. The van der Waals surface area contributed by atoms with Gasteiger partial charge in [0.2, 0.25) is 0 Å². The molecular formula is C15H12F2N2O3S. The number of nitrogens with zero attached hydrogens (tertiary/aromatic N) is 1. The molecule has 0 saturated carbocycles. The molecule has 0 atom stereocenters. The maximum Gasteiger partial charge on any atom is 0.290 e. The van der Waals surface area contributed by atoms with Crippen LogP contribution in [0.4, 0.5) is 14.5 Å². The summed E-state index contributed by atoms with van der Waals surface area (Å²) in [5.41, 5.74) is 0.573. The van der Waals surface area contributed by atoms with E-state index in [1.807, 2.05) is 0 Å². The van der Waals surface area contributed by atoms with E-state index in [1.54, 1.807) is 18.2 Å². The van der Waals surface area contributed by atoms with Crippen molar-refractivity contribution >= 4 is 23.4 Å². The van der Waals surface area contributed by atoms with Crippen LogP contribution in [-0.4, -0.2) is 29.9 Å². The molecular weight excluding hydrogens is 326 g/mol. The lowest BCUT2D eigenvalue weighted by Gasteiger charge is -2.19. The maximum absolute atomic E-state index is 12.5. The van der Waals surface area contributed by atoms with Crippen LogP contribution in [0.25, 0.3) is 0 Å². The highest BCUT2D eigenvalue weighted by Gasteiger charge is 2.18. The summed E-state index contributed by atoms with van der Waals surface area (Å²) < 4.78 is 35.9. The van der Waals surface area contributed by atoms with Gasteiger partial charge in [0.25, 0.3) is 11.7 Å². The third kappa shape index (κ3) is 3.70. The first-order valence-corrected chi connectivity index (χ1v) is 7.62. The first-order valence-electron chi connectivity index (χ1n) is 6.74. The van der Waals surface area contributed by atoms with Crippen molar-refractivity contribution in [2.24, 2.45) is 0 Å². The van der Waals surface area contributed by atoms with Gasteiger partial charge >= 0.3 is 0 Å². The van der Waals surface area contributed by atoms with Crippen molar-refractivity contribution in [3.63, 3.8) is 0 Å². The Hall–Kier alpha value is -2.35. The second kappa shape index (κ2) is 6.82. The van der Waals surface area contributed by atoms with Crippen LogP contribution in [0.2, 0.25) is 0 Å². The number of pyridine rings is 1. The van der Waals surface area contributed by atoms with Crippen molar-refractivity contribution in [1.29, 1.82) is 0 Å². The molecule has 1 aromatic carbocycles. The van der Waals surface area contributed by atoms with Crippen LogP contribution < -0.4 is 14.8 Å². The Balaban J connectivity index is 1.79. The smallest absolute Gasteiger partial charge is 0.290 e. The van der Waals surface area contributed by atoms with Gasteiger partial charge in [0.1, 0.15) is 18.2 Å². The van der Waals surface area contributed by atoms with E-state index in [9.17, 15) is 13.6 Å². The first-order chi connectivity index (χ1) is 11.1. The lowest BCUT2D eigenvalue weighted by molar-refractivity contribution is 0.102. The number of hydrogen-bond donors (Lipinski definition) is 1. The van der Waals surface area contributed by atoms with E-state index >= 15 is 0 Å². The van der Waals surface area contributed by atoms with E-state index in [0.29, 0.717) is 30.4 Å². The molecule has 2 aromatic rings. The molecule has 5 nitrogen and oxygen atoms in total. The molecule has 1 amide bonds. The van der Waals surface area contributed by atoms with Crippen molar-refractivity contribution < 1.29 is 23.0 Å². The second-order valence-electron chi connectivity index (χ2n) is 4.55. The van der Waals surface area contributed by atoms with Crippen molar-refractivity contribution in [3.05, 3.63) is 42.1 Å². The van der Waals surface area contributed by atoms with Crippen molar-refractivity contribution in [1.82, 2.24) is 4.98 Å². The molecule has 23 heavy (non-hydrogen) atoms. The van der Waals surface area contributed by atoms with E-state index in [-0.39, 0.29) is 22.4 Å². The number of ether oxygens (including phenoxy) is 2. The maximum atomic E-state index is 12.5. The average Bonchev–Trinajstić information content (AvgIpc) is 2.54. The Kier molecular flexibility index (Phi) is 4.61. The summed E-state index contributed by atoms with van der Waals surface area (Å²) in [6.45, 7) is 0.908. The number of alkyl halides is 2. The molecule has 0 radical (unpaired) electrons. The molecule has 2 heterocycles. The molecule has 0 fully saturated rings. The second-order valence-corrected chi connectivity index (χ2v) is 5.53. The topological polar surface area (TPSA) is 60.5 Å². The highest BCUT2D eigenvalue weighted by atomic mass is 32.2. The largest absolute Gasteiger partial charge is 0.486 e. The lowest BCUT2D eigenvalue weighted by Crippen LogP contribution is -2.17. The number of anilines is 1. The Morgan fingerprint density at radius 1 is 1.22 bits per heavy atom. The van der Waals surface area contributed by atoms with Gasteiger partial charge in [-0.05, 0) is 36.0 Å². The van der Waals surface area contributed by atoms with Crippen LogP contribution in [0, 0.1) is 0 Å². The number of benzene rings is 1. The highest BCUT2D eigenvalue weighted by molar-refractivity contribution is 7.99. The van der Waals surface area contributed by atoms with Gasteiger partial charge in [0, 0.05) is 18.0 Å². The highest BCUT2D eigenvalue weighted by Crippen LogP contribution is 2.33. The SMILES string of the molecule is O=C(Nc1ccc2c(c1)OCCO2)c1cccnc1SC(F)F. The predicted molar refractivity (Wildman–Crippen MR) is 81.5 cm³/mol. The zero-order valence-corrected chi connectivity index (χ0v) is 12.6. The number of carbonyl (C=O) groups is 1. The van der Waals surface area contributed by atoms with Crippen LogP contribution in [0.1, 0.15) is 10.4 Å². The number of halogens is 2.